The number of fused-ring (bicyclic) bond motifs is 4. The lowest BCUT2D eigenvalue weighted by molar-refractivity contribution is 0.0145. The predicted molar refractivity (Wildman–Crippen MR) is 128 cm³/mol. The molecule has 8 atom stereocenters. The summed E-state index contributed by atoms with van der Waals surface area (Å²) in [5, 5.41) is 10.3. The van der Waals surface area contributed by atoms with Gasteiger partial charge in [-0.2, -0.15) is 0 Å². The Kier molecular flexibility index (Phi) is 6.35. The monoisotopic (exact) mass is 412 g/mol. The van der Waals surface area contributed by atoms with E-state index >= 15 is 0 Å². The van der Waals surface area contributed by atoms with Crippen molar-refractivity contribution >= 4 is 0 Å². The Morgan fingerprint density at radius 3 is 2.47 bits per heavy atom. The summed E-state index contributed by atoms with van der Waals surface area (Å²) in [7, 11) is 0. The molecule has 0 heterocycles. The maximum Gasteiger partial charge on any atom is 0.0543 e. The van der Waals surface area contributed by atoms with Crippen molar-refractivity contribution in [1.82, 2.24) is 0 Å². The minimum atomic E-state index is -0.0413. The van der Waals surface area contributed by atoms with Gasteiger partial charge in [0.2, 0.25) is 0 Å². The van der Waals surface area contributed by atoms with Crippen molar-refractivity contribution in [3.63, 3.8) is 0 Å². The van der Waals surface area contributed by atoms with Crippen molar-refractivity contribution in [2.45, 2.75) is 112 Å². The van der Waals surface area contributed by atoms with Crippen LogP contribution in [0, 0.1) is 46.3 Å². The van der Waals surface area contributed by atoms with E-state index in [9.17, 15) is 5.11 Å². The van der Waals surface area contributed by atoms with Gasteiger partial charge >= 0.3 is 0 Å². The van der Waals surface area contributed by atoms with E-state index in [0.717, 1.165) is 42.4 Å². The van der Waals surface area contributed by atoms with E-state index in [2.05, 4.69) is 53.7 Å². The summed E-state index contributed by atoms with van der Waals surface area (Å²) < 4.78 is 0. The van der Waals surface area contributed by atoms with Crippen LogP contribution in [0.5, 0.6) is 0 Å². The summed E-state index contributed by atoms with van der Waals surface area (Å²) in [5.41, 5.74) is 4.65. The Morgan fingerprint density at radius 1 is 1.00 bits per heavy atom. The molecular weight excluding hydrogens is 364 g/mol. The van der Waals surface area contributed by atoms with Gasteiger partial charge in [-0.05, 0) is 111 Å². The number of aliphatic hydroxyl groups excluding tert-OH is 1. The van der Waals surface area contributed by atoms with Gasteiger partial charge in [0.25, 0.3) is 0 Å². The maximum absolute atomic E-state index is 10.3. The Morgan fingerprint density at radius 2 is 1.77 bits per heavy atom. The molecule has 0 aromatic carbocycles. The lowest BCUT2D eigenvalue weighted by Gasteiger charge is -2.55. The van der Waals surface area contributed by atoms with E-state index in [4.69, 9.17) is 0 Å². The fourth-order valence-corrected chi connectivity index (χ4v) is 8.62. The number of hydrogen-bond acceptors (Lipinski definition) is 1. The fourth-order valence-electron chi connectivity index (χ4n) is 8.62. The van der Waals surface area contributed by atoms with Crippen molar-refractivity contribution in [3.05, 3.63) is 23.3 Å². The highest BCUT2D eigenvalue weighted by Gasteiger charge is 2.55. The van der Waals surface area contributed by atoms with Crippen LogP contribution in [0.3, 0.4) is 0 Å². The molecule has 0 spiro atoms. The molecule has 0 aromatic rings. The average molecular weight is 413 g/mol. The molecule has 2 fully saturated rings. The molecule has 170 valence electrons. The van der Waals surface area contributed by atoms with Crippen LogP contribution >= 0.6 is 0 Å². The van der Waals surface area contributed by atoms with Crippen LogP contribution in [0.25, 0.3) is 0 Å². The second-order valence-corrected chi connectivity index (χ2v) is 12.4. The topological polar surface area (TPSA) is 20.2 Å². The van der Waals surface area contributed by atoms with Crippen LogP contribution in [-0.2, 0) is 0 Å². The molecule has 1 N–H and O–H groups in total. The lowest BCUT2D eigenvalue weighted by Crippen LogP contribution is -2.45. The molecule has 0 radical (unpaired) electrons. The Labute approximate surface area is 186 Å². The Hall–Kier alpha value is -0.560. The zero-order valence-electron chi connectivity index (χ0n) is 20.7. The summed E-state index contributed by atoms with van der Waals surface area (Å²) >= 11 is 0. The molecule has 1 nitrogen and oxygen atoms in total. The van der Waals surface area contributed by atoms with Crippen LogP contribution < -0.4 is 0 Å². The van der Waals surface area contributed by atoms with Gasteiger partial charge in [-0.15, -0.1) is 0 Å². The SMILES string of the molecule is CC[C@H](/C=C\[C@@H](C)[C@H]1CC[C@@H]2C3=C(CC[C@@]21C)[C@@]1(C)CC[C@H](O)C[C@H]1CC3)C(C)C. The molecule has 2 saturated carbocycles. The minimum absolute atomic E-state index is 0.0413. The van der Waals surface area contributed by atoms with E-state index in [1.54, 1.807) is 0 Å². The Bertz CT molecular complexity index is 686. The molecule has 0 aliphatic heterocycles. The van der Waals surface area contributed by atoms with Gasteiger partial charge in [-0.3, -0.25) is 0 Å². The van der Waals surface area contributed by atoms with Crippen molar-refractivity contribution in [2.24, 2.45) is 46.3 Å². The van der Waals surface area contributed by atoms with Crippen LogP contribution in [0.1, 0.15) is 106 Å². The summed E-state index contributed by atoms with van der Waals surface area (Å²) in [6.07, 6.45) is 17.9. The second kappa shape index (κ2) is 8.42. The fraction of sp³-hybridized carbons (Fsp3) is 0.862. The zero-order valence-corrected chi connectivity index (χ0v) is 20.7. The molecule has 0 aromatic heterocycles. The van der Waals surface area contributed by atoms with Gasteiger partial charge in [-0.25, -0.2) is 0 Å². The first kappa shape index (κ1) is 22.6. The number of allylic oxidation sites excluding steroid dienone is 4. The quantitative estimate of drug-likeness (QED) is 0.454. The average Bonchev–Trinajstić information content (AvgIpc) is 3.06. The molecular formula is C29H48O. The van der Waals surface area contributed by atoms with E-state index in [1.165, 1.54) is 51.4 Å². The summed E-state index contributed by atoms with van der Waals surface area (Å²) in [6, 6.07) is 0. The van der Waals surface area contributed by atoms with Crippen LogP contribution in [0.2, 0.25) is 0 Å². The van der Waals surface area contributed by atoms with Gasteiger partial charge in [0.1, 0.15) is 0 Å². The van der Waals surface area contributed by atoms with E-state index in [1.807, 2.05) is 11.1 Å². The number of aliphatic hydroxyl groups is 1. The minimum Gasteiger partial charge on any atom is -0.393 e. The van der Waals surface area contributed by atoms with Gasteiger partial charge in [0, 0.05) is 0 Å². The lowest BCUT2D eigenvalue weighted by atomic mass is 9.50. The predicted octanol–water partition coefficient (Wildman–Crippen LogP) is 7.94. The Balaban J connectivity index is 1.55. The molecule has 4 aliphatic carbocycles. The summed E-state index contributed by atoms with van der Waals surface area (Å²) in [5.74, 6) is 4.58. The first-order valence-corrected chi connectivity index (χ1v) is 13.3. The van der Waals surface area contributed by atoms with E-state index in [-0.39, 0.29) is 6.10 Å². The summed E-state index contributed by atoms with van der Waals surface area (Å²) in [6.45, 7) is 14.8. The van der Waals surface area contributed by atoms with E-state index in [0.29, 0.717) is 16.7 Å². The second-order valence-electron chi connectivity index (χ2n) is 12.4. The highest BCUT2D eigenvalue weighted by Crippen LogP contribution is 2.65. The molecule has 0 saturated heterocycles. The molecule has 0 amide bonds. The van der Waals surface area contributed by atoms with Gasteiger partial charge in [0.15, 0.2) is 0 Å². The number of hydrogen-bond donors (Lipinski definition) is 1. The van der Waals surface area contributed by atoms with Crippen LogP contribution in [-0.4, -0.2) is 11.2 Å². The van der Waals surface area contributed by atoms with Crippen LogP contribution in [0.15, 0.2) is 23.3 Å². The third-order valence-corrected chi connectivity index (χ3v) is 10.7. The molecule has 0 bridgehead atoms. The largest absolute Gasteiger partial charge is 0.393 e. The number of rotatable bonds is 5. The molecule has 4 rings (SSSR count). The van der Waals surface area contributed by atoms with Gasteiger partial charge < -0.3 is 5.11 Å². The van der Waals surface area contributed by atoms with Gasteiger partial charge in [-0.1, -0.05) is 64.8 Å². The van der Waals surface area contributed by atoms with Gasteiger partial charge in [0.05, 0.1) is 6.10 Å². The first-order chi connectivity index (χ1) is 14.2. The van der Waals surface area contributed by atoms with Crippen molar-refractivity contribution in [3.8, 4) is 0 Å². The standard InChI is InChI=1S/C29H48O/c1-7-21(19(2)3)9-8-20(4)25-12-13-26-24-11-10-22-18-23(30)14-16-28(22,5)27(24)15-17-29(25,26)6/h8-9,19-23,25-26,30H,7,10-18H2,1-6H3/b9-8-/t20-,21-,22-,23+,25-,26-,28+,29-/m1/s1. The normalized spacial score (nSPS) is 43.5. The molecule has 4 aliphatic rings. The third kappa shape index (κ3) is 3.66. The van der Waals surface area contributed by atoms with Crippen molar-refractivity contribution < 1.29 is 5.11 Å². The van der Waals surface area contributed by atoms with E-state index < -0.39 is 0 Å². The molecule has 0 unspecified atom stereocenters. The smallest absolute Gasteiger partial charge is 0.0543 e. The first-order valence-electron chi connectivity index (χ1n) is 13.3. The third-order valence-electron chi connectivity index (χ3n) is 10.7. The van der Waals surface area contributed by atoms with Crippen LogP contribution in [0.4, 0.5) is 0 Å². The van der Waals surface area contributed by atoms with Crippen molar-refractivity contribution in [1.29, 1.82) is 0 Å². The maximum atomic E-state index is 10.3. The van der Waals surface area contributed by atoms with Crippen molar-refractivity contribution in [2.75, 3.05) is 0 Å². The highest BCUT2D eigenvalue weighted by molar-refractivity contribution is 5.34. The molecule has 1 heteroatoms. The highest BCUT2D eigenvalue weighted by atomic mass is 16.3. The zero-order chi connectivity index (χ0) is 21.7. The summed E-state index contributed by atoms with van der Waals surface area (Å²) in [4.78, 5) is 0. The molecule has 30 heavy (non-hydrogen) atoms.